The van der Waals surface area contributed by atoms with Crippen molar-refractivity contribution < 1.29 is 9.84 Å². The Morgan fingerprint density at radius 2 is 1.80 bits per heavy atom. The number of aromatic hydroxyl groups is 1. The second kappa shape index (κ2) is 3.78. The fraction of sp³-hybridized carbons (Fsp3) is 0.333. The van der Waals surface area contributed by atoms with Crippen LogP contribution < -0.4 is 4.74 Å². The topological polar surface area (TPSA) is 29.5 Å². The van der Waals surface area contributed by atoms with Gasteiger partial charge in [0.25, 0.3) is 0 Å². The lowest BCUT2D eigenvalue weighted by Gasteiger charge is -2.15. The van der Waals surface area contributed by atoms with E-state index in [1.807, 2.05) is 20.8 Å². The third kappa shape index (κ3) is 1.29. The molecule has 0 unspecified atom stereocenters. The maximum Gasteiger partial charge on any atom is 0.131 e. The van der Waals surface area contributed by atoms with Crippen molar-refractivity contribution in [3.05, 3.63) is 57.6 Å². The van der Waals surface area contributed by atoms with Crippen LogP contribution in [0.2, 0.25) is 0 Å². The van der Waals surface area contributed by atoms with Crippen LogP contribution in [0.25, 0.3) is 0 Å². The van der Waals surface area contributed by atoms with Crippen LogP contribution in [0.1, 0.15) is 45.4 Å². The van der Waals surface area contributed by atoms with E-state index < -0.39 is 0 Å². The Bertz CT molecular complexity index is 731. The number of phenolic OH excluding ortho intramolecular Hbond substituents is 1. The molecule has 0 amide bonds. The average Bonchev–Trinajstić information content (AvgIpc) is 2.98. The van der Waals surface area contributed by atoms with E-state index in [0.29, 0.717) is 11.7 Å². The SMILES string of the molecule is Cc1c(C)c2c(c(C)c1O)[C@@H]1Cc3ccccc3[C@@H]1O2. The Hall–Kier alpha value is -1.96. The quantitative estimate of drug-likeness (QED) is 0.778. The lowest BCUT2D eigenvalue weighted by molar-refractivity contribution is 0.221. The predicted molar refractivity (Wildman–Crippen MR) is 78.6 cm³/mol. The monoisotopic (exact) mass is 266 g/mol. The molecule has 0 saturated heterocycles. The van der Waals surface area contributed by atoms with Gasteiger partial charge in [0, 0.05) is 11.5 Å². The number of ether oxygens (including phenoxy) is 1. The van der Waals surface area contributed by atoms with Crippen LogP contribution in [0.4, 0.5) is 0 Å². The van der Waals surface area contributed by atoms with Gasteiger partial charge in [-0.15, -0.1) is 0 Å². The zero-order chi connectivity index (χ0) is 14.0. The van der Waals surface area contributed by atoms with Gasteiger partial charge in [0.2, 0.25) is 0 Å². The van der Waals surface area contributed by atoms with Crippen LogP contribution in [0.3, 0.4) is 0 Å². The summed E-state index contributed by atoms with van der Waals surface area (Å²) in [5.41, 5.74) is 6.91. The van der Waals surface area contributed by atoms with Gasteiger partial charge in [-0.1, -0.05) is 24.3 Å². The third-order valence-electron chi connectivity index (χ3n) is 5.04. The van der Waals surface area contributed by atoms with Gasteiger partial charge in [-0.2, -0.15) is 0 Å². The lowest BCUT2D eigenvalue weighted by atomic mass is 9.88. The van der Waals surface area contributed by atoms with Crippen molar-refractivity contribution in [3.63, 3.8) is 0 Å². The molecule has 2 aliphatic rings. The minimum absolute atomic E-state index is 0.125. The molecule has 0 saturated carbocycles. The standard InChI is InChI=1S/C18H18O2/c1-9-10(2)17-15(11(3)16(9)19)14-8-12-6-4-5-7-13(12)18(14)20-17/h4-7,14,18-19H,8H2,1-3H3/t14-,18-/m0/s1. The highest BCUT2D eigenvalue weighted by Crippen LogP contribution is 2.56. The van der Waals surface area contributed by atoms with Gasteiger partial charge in [0.1, 0.15) is 17.6 Å². The molecule has 1 aliphatic carbocycles. The van der Waals surface area contributed by atoms with E-state index in [1.165, 1.54) is 16.7 Å². The Morgan fingerprint density at radius 3 is 2.60 bits per heavy atom. The van der Waals surface area contributed by atoms with E-state index >= 15 is 0 Å². The predicted octanol–water partition coefficient (Wildman–Crippen LogP) is 4.09. The van der Waals surface area contributed by atoms with Gasteiger partial charge in [-0.3, -0.25) is 0 Å². The van der Waals surface area contributed by atoms with Gasteiger partial charge < -0.3 is 9.84 Å². The summed E-state index contributed by atoms with van der Waals surface area (Å²) in [5, 5.41) is 10.3. The Labute approximate surface area is 119 Å². The maximum absolute atomic E-state index is 10.3. The summed E-state index contributed by atoms with van der Waals surface area (Å²) >= 11 is 0. The van der Waals surface area contributed by atoms with E-state index in [2.05, 4.69) is 24.3 Å². The molecule has 0 fully saturated rings. The molecule has 2 atom stereocenters. The number of hydrogen-bond acceptors (Lipinski definition) is 2. The maximum atomic E-state index is 10.3. The Morgan fingerprint density at radius 1 is 1.05 bits per heavy atom. The highest BCUT2D eigenvalue weighted by Gasteiger charge is 2.44. The minimum atomic E-state index is 0.125. The minimum Gasteiger partial charge on any atom is -0.507 e. The summed E-state index contributed by atoms with van der Waals surface area (Å²) in [4.78, 5) is 0. The van der Waals surface area contributed by atoms with E-state index in [4.69, 9.17) is 4.74 Å². The van der Waals surface area contributed by atoms with Crippen molar-refractivity contribution >= 4 is 0 Å². The molecule has 0 bridgehead atoms. The van der Waals surface area contributed by atoms with Gasteiger partial charge >= 0.3 is 0 Å². The van der Waals surface area contributed by atoms with Gasteiger partial charge in [-0.05, 0) is 55.0 Å². The van der Waals surface area contributed by atoms with Gasteiger partial charge in [0.15, 0.2) is 0 Å². The Balaban J connectivity index is 1.93. The summed E-state index contributed by atoms with van der Waals surface area (Å²) < 4.78 is 6.29. The van der Waals surface area contributed by atoms with Crippen LogP contribution in [0.5, 0.6) is 11.5 Å². The largest absolute Gasteiger partial charge is 0.507 e. The van der Waals surface area contributed by atoms with Crippen LogP contribution in [0.15, 0.2) is 24.3 Å². The smallest absolute Gasteiger partial charge is 0.131 e. The summed E-state index contributed by atoms with van der Waals surface area (Å²) in [6.45, 7) is 6.01. The van der Waals surface area contributed by atoms with Crippen molar-refractivity contribution in [2.24, 2.45) is 0 Å². The summed E-state index contributed by atoms with van der Waals surface area (Å²) in [7, 11) is 0. The number of phenols is 1. The first-order valence-corrected chi connectivity index (χ1v) is 7.16. The fourth-order valence-electron chi connectivity index (χ4n) is 3.81. The molecule has 1 heterocycles. The molecule has 2 aromatic carbocycles. The van der Waals surface area contributed by atoms with Gasteiger partial charge in [0.05, 0.1) is 0 Å². The van der Waals surface area contributed by atoms with E-state index in [0.717, 1.165) is 28.9 Å². The zero-order valence-electron chi connectivity index (χ0n) is 12.0. The molecule has 102 valence electrons. The fourth-order valence-corrected chi connectivity index (χ4v) is 3.81. The van der Waals surface area contributed by atoms with E-state index in [-0.39, 0.29) is 6.10 Å². The second-order valence-corrected chi connectivity index (χ2v) is 6.01. The summed E-state index contributed by atoms with van der Waals surface area (Å²) in [5.74, 6) is 1.79. The first-order valence-electron chi connectivity index (χ1n) is 7.16. The van der Waals surface area contributed by atoms with E-state index in [1.54, 1.807) is 0 Å². The van der Waals surface area contributed by atoms with Crippen LogP contribution in [-0.2, 0) is 6.42 Å². The zero-order valence-corrected chi connectivity index (χ0v) is 12.0. The number of fused-ring (bicyclic) bond motifs is 5. The number of hydrogen-bond donors (Lipinski definition) is 1. The molecular weight excluding hydrogens is 248 g/mol. The molecule has 2 aromatic rings. The summed E-state index contributed by atoms with van der Waals surface area (Å²) in [6.07, 6.45) is 1.14. The summed E-state index contributed by atoms with van der Waals surface area (Å²) in [6, 6.07) is 8.53. The highest BCUT2D eigenvalue weighted by atomic mass is 16.5. The van der Waals surface area contributed by atoms with E-state index in [9.17, 15) is 5.11 Å². The third-order valence-corrected chi connectivity index (χ3v) is 5.04. The highest BCUT2D eigenvalue weighted by molar-refractivity contribution is 5.62. The van der Waals surface area contributed by atoms with Crippen molar-refractivity contribution in [2.75, 3.05) is 0 Å². The van der Waals surface area contributed by atoms with Crippen LogP contribution in [-0.4, -0.2) is 5.11 Å². The number of rotatable bonds is 0. The molecule has 0 radical (unpaired) electrons. The molecular formula is C18H18O2. The van der Waals surface area contributed by atoms with Crippen molar-refractivity contribution in [1.29, 1.82) is 0 Å². The normalized spacial score (nSPS) is 22.1. The Kier molecular flexibility index (Phi) is 2.24. The first-order chi connectivity index (χ1) is 9.59. The first kappa shape index (κ1) is 11.8. The molecule has 1 N–H and O–H groups in total. The second-order valence-electron chi connectivity index (χ2n) is 6.01. The van der Waals surface area contributed by atoms with Crippen molar-refractivity contribution in [3.8, 4) is 11.5 Å². The van der Waals surface area contributed by atoms with Crippen molar-refractivity contribution in [2.45, 2.75) is 39.2 Å². The van der Waals surface area contributed by atoms with Crippen LogP contribution in [0, 0.1) is 20.8 Å². The molecule has 0 aromatic heterocycles. The van der Waals surface area contributed by atoms with Gasteiger partial charge in [-0.25, -0.2) is 0 Å². The molecule has 2 heteroatoms. The molecule has 20 heavy (non-hydrogen) atoms. The number of benzene rings is 2. The lowest BCUT2D eigenvalue weighted by Crippen LogP contribution is -2.03. The molecule has 4 rings (SSSR count). The van der Waals surface area contributed by atoms with Crippen LogP contribution >= 0.6 is 0 Å². The molecule has 2 nitrogen and oxygen atoms in total. The molecule has 1 aliphatic heterocycles. The molecule has 0 spiro atoms. The van der Waals surface area contributed by atoms with Crippen molar-refractivity contribution in [1.82, 2.24) is 0 Å². The average molecular weight is 266 g/mol.